The van der Waals surface area contributed by atoms with E-state index in [1.807, 2.05) is 0 Å². The van der Waals surface area contributed by atoms with Gasteiger partial charge in [-0.15, -0.1) is 0 Å². The van der Waals surface area contributed by atoms with E-state index < -0.39 is 34.9 Å². The van der Waals surface area contributed by atoms with Crippen molar-refractivity contribution in [1.82, 2.24) is 0 Å². The molecule has 0 bridgehead atoms. The Labute approximate surface area is 237 Å². The number of rotatable bonds is 4. The lowest BCUT2D eigenvalue weighted by atomic mass is 9.89. The van der Waals surface area contributed by atoms with Gasteiger partial charge in [-0.25, -0.2) is 0 Å². The second-order valence-corrected chi connectivity index (χ2v) is 10.3. The van der Waals surface area contributed by atoms with Gasteiger partial charge in [-0.2, -0.15) is 0 Å². The summed E-state index contributed by atoms with van der Waals surface area (Å²) in [4.78, 5) is 26.2. The lowest BCUT2D eigenvalue weighted by Crippen LogP contribution is -2.38. The molecule has 0 aliphatic carbocycles. The fraction of sp³-hybridized carbons (Fsp3) is 0.226. The Bertz CT molecular complexity index is 2050. The quantitative estimate of drug-likeness (QED) is 0.216. The van der Waals surface area contributed by atoms with Crippen molar-refractivity contribution in [3.63, 3.8) is 0 Å². The number of hydrogen-bond acceptors (Lipinski definition) is 11. The summed E-state index contributed by atoms with van der Waals surface area (Å²) >= 11 is 0. The van der Waals surface area contributed by atoms with Crippen LogP contribution in [0.25, 0.3) is 43.6 Å². The van der Waals surface area contributed by atoms with Crippen molar-refractivity contribution >= 4 is 38.3 Å². The minimum Gasteiger partial charge on any atom is -0.507 e. The maximum atomic E-state index is 13.2. The number of ketones is 1. The standard InChI is InChI=1S/C31H26O11/c1-12-6-16(32)26-28(36)22-15(9-14(38-3)10-19(22)39-4)23(30(26)41-12)25-17(33)7-13-8-20-24(18(34)11-31(2,37)42-20)27(35)21(13)29(25)40-5/h6-10,33,35-37H,11H2,1-5H3. The molecule has 42 heavy (non-hydrogen) atoms. The first kappa shape index (κ1) is 27.0. The monoisotopic (exact) mass is 574 g/mol. The molecule has 0 spiro atoms. The topological polar surface area (TPSA) is 165 Å². The van der Waals surface area contributed by atoms with Gasteiger partial charge in [-0.1, -0.05) is 0 Å². The van der Waals surface area contributed by atoms with Gasteiger partial charge in [0.15, 0.2) is 16.8 Å². The van der Waals surface area contributed by atoms with Crippen LogP contribution in [0.15, 0.2) is 39.5 Å². The number of benzene rings is 4. The summed E-state index contributed by atoms with van der Waals surface area (Å²) in [6.07, 6.45) is -0.399. The number of Topliss-reactive ketones (excluding diaryl/α,β-unsaturated/α-hetero) is 1. The zero-order chi connectivity index (χ0) is 30.2. The molecule has 5 aromatic rings. The van der Waals surface area contributed by atoms with E-state index in [2.05, 4.69) is 0 Å². The molecule has 11 heteroatoms. The van der Waals surface area contributed by atoms with Gasteiger partial charge in [-0.05, 0) is 30.5 Å². The maximum Gasteiger partial charge on any atom is 0.212 e. The van der Waals surface area contributed by atoms with E-state index in [1.165, 1.54) is 52.5 Å². The molecule has 0 saturated heterocycles. The normalized spacial score (nSPS) is 16.5. The summed E-state index contributed by atoms with van der Waals surface area (Å²) in [7, 11) is 4.14. The number of phenols is 3. The molecule has 1 unspecified atom stereocenters. The van der Waals surface area contributed by atoms with E-state index in [0.29, 0.717) is 5.75 Å². The van der Waals surface area contributed by atoms with E-state index in [0.717, 1.165) is 0 Å². The molecule has 1 aliphatic rings. The summed E-state index contributed by atoms with van der Waals surface area (Å²) in [6.45, 7) is 2.89. The van der Waals surface area contributed by atoms with E-state index in [-0.39, 0.29) is 78.0 Å². The summed E-state index contributed by atoms with van der Waals surface area (Å²) < 4.78 is 28.4. The number of carbonyl (C=O) groups excluding carboxylic acids is 1. The minimum atomic E-state index is -1.78. The molecule has 1 aliphatic heterocycles. The van der Waals surface area contributed by atoms with Gasteiger partial charge in [0.2, 0.25) is 5.79 Å². The number of aryl methyl sites for hydroxylation is 1. The van der Waals surface area contributed by atoms with Crippen LogP contribution in [0.2, 0.25) is 0 Å². The molecule has 6 rings (SSSR count). The van der Waals surface area contributed by atoms with Gasteiger partial charge in [0, 0.05) is 30.0 Å². The highest BCUT2D eigenvalue weighted by Crippen LogP contribution is 2.55. The molecule has 11 nitrogen and oxygen atoms in total. The average molecular weight is 575 g/mol. The van der Waals surface area contributed by atoms with E-state index in [1.54, 1.807) is 13.0 Å². The molecule has 4 aromatic carbocycles. The Morgan fingerprint density at radius 2 is 1.57 bits per heavy atom. The van der Waals surface area contributed by atoms with Gasteiger partial charge in [0.1, 0.15) is 57.0 Å². The van der Waals surface area contributed by atoms with Crippen molar-refractivity contribution in [2.75, 3.05) is 21.3 Å². The van der Waals surface area contributed by atoms with Crippen molar-refractivity contribution in [3.8, 4) is 51.4 Å². The Morgan fingerprint density at radius 1 is 0.833 bits per heavy atom. The SMILES string of the molecule is COc1cc(OC)c2c(O)c3c(=O)cc(C)oc3c(-c3c(O)cc4cc5c(c(O)c4c3OC)C(=O)CC(C)(O)O5)c2c1. The molecule has 0 fully saturated rings. The van der Waals surface area contributed by atoms with Crippen LogP contribution in [0.5, 0.6) is 40.2 Å². The Morgan fingerprint density at radius 3 is 2.24 bits per heavy atom. The Hall–Kier alpha value is -5.16. The van der Waals surface area contributed by atoms with Gasteiger partial charge in [0.25, 0.3) is 0 Å². The Balaban J connectivity index is 1.86. The molecule has 0 saturated carbocycles. The third-order valence-corrected chi connectivity index (χ3v) is 7.42. The first-order chi connectivity index (χ1) is 19.9. The molecule has 4 N–H and O–H groups in total. The highest BCUT2D eigenvalue weighted by atomic mass is 16.6. The van der Waals surface area contributed by atoms with Crippen molar-refractivity contribution in [2.24, 2.45) is 0 Å². The molecule has 2 heterocycles. The first-order valence-electron chi connectivity index (χ1n) is 12.8. The molecular formula is C31H26O11. The van der Waals surface area contributed by atoms with E-state index in [4.69, 9.17) is 23.4 Å². The Kier molecular flexibility index (Phi) is 5.91. The van der Waals surface area contributed by atoms with Crippen LogP contribution in [0, 0.1) is 6.92 Å². The van der Waals surface area contributed by atoms with Crippen LogP contribution in [0.4, 0.5) is 0 Å². The number of methoxy groups -OCH3 is 3. The lowest BCUT2D eigenvalue weighted by molar-refractivity contribution is -0.123. The third-order valence-electron chi connectivity index (χ3n) is 7.42. The molecule has 216 valence electrons. The van der Waals surface area contributed by atoms with Gasteiger partial charge in [0.05, 0.1) is 44.1 Å². The van der Waals surface area contributed by atoms with Gasteiger partial charge >= 0.3 is 0 Å². The fourth-order valence-corrected chi connectivity index (χ4v) is 5.75. The van der Waals surface area contributed by atoms with Crippen LogP contribution in [-0.4, -0.2) is 53.3 Å². The van der Waals surface area contributed by atoms with E-state index in [9.17, 15) is 30.0 Å². The fourth-order valence-electron chi connectivity index (χ4n) is 5.75. The van der Waals surface area contributed by atoms with Crippen LogP contribution in [0.1, 0.15) is 29.5 Å². The molecule has 0 amide bonds. The molecule has 0 radical (unpaired) electrons. The number of fused-ring (bicyclic) bond motifs is 4. The number of ether oxygens (including phenoxy) is 4. The second-order valence-electron chi connectivity index (χ2n) is 10.3. The third kappa shape index (κ3) is 3.77. The number of carbonyl (C=O) groups is 1. The molecule has 1 atom stereocenters. The zero-order valence-corrected chi connectivity index (χ0v) is 23.2. The van der Waals surface area contributed by atoms with Crippen LogP contribution in [0.3, 0.4) is 0 Å². The maximum absolute atomic E-state index is 13.2. The van der Waals surface area contributed by atoms with Gasteiger partial charge in [-0.3, -0.25) is 9.59 Å². The summed E-state index contributed by atoms with van der Waals surface area (Å²) in [6, 6.07) is 7.06. The van der Waals surface area contributed by atoms with Crippen molar-refractivity contribution in [3.05, 3.63) is 51.9 Å². The highest BCUT2D eigenvalue weighted by molar-refractivity contribution is 6.20. The predicted molar refractivity (Wildman–Crippen MR) is 153 cm³/mol. The predicted octanol–water partition coefficient (Wildman–Crippen LogP) is 4.89. The molecular weight excluding hydrogens is 548 g/mol. The first-order valence-corrected chi connectivity index (χ1v) is 12.8. The number of aromatic hydroxyl groups is 3. The highest BCUT2D eigenvalue weighted by Gasteiger charge is 2.38. The largest absolute Gasteiger partial charge is 0.507 e. The molecule has 1 aromatic heterocycles. The number of hydrogen-bond donors (Lipinski definition) is 4. The van der Waals surface area contributed by atoms with Crippen molar-refractivity contribution < 1.29 is 48.6 Å². The number of phenolic OH excluding ortho intramolecular Hbond substituents is 3. The zero-order valence-electron chi connectivity index (χ0n) is 23.2. The summed E-state index contributed by atoms with van der Waals surface area (Å²) in [5.41, 5.74) is -0.639. The minimum absolute atomic E-state index is 0.00419. The van der Waals surface area contributed by atoms with Crippen LogP contribution in [-0.2, 0) is 0 Å². The van der Waals surface area contributed by atoms with Gasteiger partial charge < -0.3 is 43.8 Å². The lowest BCUT2D eigenvalue weighted by Gasteiger charge is -2.31. The van der Waals surface area contributed by atoms with E-state index >= 15 is 0 Å². The number of aliphatic hydroxyl groups is 1. The van der Waals surface area contributed by atoms with Crippen molar-refractivity contribution in [1.29, 1.82) is 0 Å². The smallest absolute Gasteiger partial charge is 0.212 e. The van der Waals surface area contributed by atoms with Crippen molar-refractivity contribution in [2.45, 2.75) is 26.1 Å². The summed E-state index contributed by atoms with van der Waals surface area (Å²) in [5.74, 6) is -2.97. The second kappa shape index (κ2) is 9.18. The summed E-state index contributed by atoms with van der Waals surface area (Å²) in [5, 5.41) is 45.2. The van der Waals surface area contributed by atoms with Crippen LogP contribution < -0.4 is 24.4 Å². The average Bonchev–Trinajstić information content (AvgIpc) is 2.91. The van der Waals surface area contributed by atoms with Crippen LogP contribution >= 0.6 is 0 Å².